The fourth-order valence-corrected chi connectivity index (χ4v) is 2.02. The molecule has 0 spiro atoms. The SMILES string of the molecule is COCCCNC(=O)C=Cc1ccc(C2CC2C)o1. The van der Waals surface area contributed by atoms with Crippen molar-refractivity contribution in [3.05, 3.63) is 29.7 Å². The number of methoxy groups -OCH3 is 1. The molecule has 0 aromatic carbocycles. The average molecular weight is 263 g/mol. The molecule has 2 unspecified atom stereocenters. The van der Waals surface area contributed by atoms with Gasteiger partial charge in [-0.1, -0.05) is 6.92 Å². The van der Waals surface area contributed by atoms with E-state index in [-0.39, 0.29) is 5.91 Å². The monoisotopic (exact) mass is 263 g/mol. The Labute approximate surface area is 113 Å². The summed E-state index contributed by atoms with van der Waals surface area (Å²) in [6.07, 6.45) is 5.24. The van der Waals surface area contributed by atoms with Crippen LogP contribution in [0.3, 0.4) is 0 Å². The second kappa shape index (κ2) is 6.57. The lowest BCUT2D eigenvalue weighted by Crippen LogP contribution is -2.22. The van der Waals surface area contributed by atoms with Crippen LogP contribution < -0.4 is 5.32 Å². The minimum Gasteiger partial charge on any atom is -0.461 e. The van der Waals surface area contributed by atoms with Crippen molar-refractivity contribution in [2.45, 2.75) is 25.7 Å². The van der Waals surface area contributed by atoms with Crippen LogP contribution in [0.1, 0.15) is 37.2 Å². The Balaban J connectivity index is 1.75. The van der Waals surface area contributed by atoms with Gasteiger partial charge in [-0.2, -0.15) is 0 Å². The predicted molar refractivity (Wildman–Crippen MR) is 73.8 cm³/mol. The number of amides is 1. The van der Waals surface area contributed by atoms with Crippen molar-refractivity contribution >= 4 is 12.0 Å². The fraction of sp³-hybridized carbons (Fsp3) is 0.533. The number of hydrogen-bond acceptors (Lipinski definition) is 3. The summed E-state index contributed by atoms with van der Waals surface area (Å²) in [4.78, 5) is 11.5. The summed E-state index contributed by atoms with van der Waals surface area (Å²) in [5.41, 5.74) is 0. The number of carbonyl (C=O) groups is 1. The van der Waals surface area contributed by atoms with Gasteiger partial charge in [-0.15, -0.1) is 0 Å². The molecule has 1 fully saturated rings. The molecule has 1 N–H and O–H groups in total. The van der Waals surface area contributed by atoms with Crippen LogP contribution in [0, 0.1) is 5.92 Å². The van der Waals surface area contributed by atoms with E-state index in [2.05, 4.69) is 12.2 Å². The van der Waals surface area contributed by atoms with E-state index in [4.69, 9.17) is 9.15 Å². The molecule has 0 bridgehead atoms. The van der Waals surface area contributed by atoms with Crippen molar-refractivity contribution in [1.82, 2.24) is 5.32 Å². The Morgan fingerprint density at radius 1 is 1.58 bits per heavy atom. The summed E-state index contributed by atoms with van der Waals surface area (Å²) in [5.74, 6) is 2.97. The van der Waals surface area contributed by atoms with Crippen LogP contribution in [0.4, 0.5) is 0 Å². The van der Waals surface area contributed by atoms with Gasteiger partial charge in [0.15, 0.2) is 0 Å². The second-order valence-corrected chi connectivity index (χ2v) is 5.03. The molecule has 2 atom stereocenters. The van der Waals surface area contributed by atoms with Crippen molar-refractivity contribution in [2.75, 3.05) is 20.3 Å². The Hall–Kier alpha value is -1.55. The van der Waals surface area contributed by atoms with Gasteiger partial charge in [0.2, 0.25) is 5.91 Å². The number of hydrogen-bond donors (Lipinski definition) is 1. The smallest absolute Gasteiger partial charge is 0.244 e. The quantitative estimate of drug-likeness (QED) is 0.607. The highest BCUT2D eigenvalue weighted by Crippen LogP contribution is 2.47. The largest absolute Gasteiger partial charge is 0.461 e. The molecule has 1 aliphatic carbocycles. The molecular weight excluding hydrogens is 242 g/mol. The lowest BCUT2D eigenvalue weighted by atomic mass is 10.3. The zero-order valence-electron chi connectivity index (χ0n) is 11.5. The van der Waals surface area contributed by atoms with Crippen LogP contribution in [0.15, 0.2) is 22.6 Å². The van der Waals surface area contributed by atoms with Gasteiger partial charge in [-0.05, 0) is 37.0 Å². The van der Waals surface area contributed by atoms with Crippen LogP contribution >= 0.6 is 0 Å². The van der Waals surface area contributed by atoms with Gasteiger partial charge in [0.05, 0.1) is 0 Å². The van der Waals surface area contributed by atoms with E-state index < -0.39 is 0 Å². The number of rotatable bonds is 7. The summed E-state index contributed by atoms with van der Waals surface area (Å²) in [5, 5.41) is 2.79. The van der Waals surface area contributed by atoms with E-state index in [1.165, 1.54) is 12.5 Å². The zero-order valence-corrected chi connectivity index (χ0v) is 11.5. The Kier molecular flexibility index (Phi) is 4.80. The van der Waals surface area contributed by atoms with Gasteiger partial charge in [0.1, 0.15) is 11.5 Å². The average Bonchev–Trinajstić information content (AvgIpc) is 2.95. The van der Waals surface area contributed by atoms with Crippen molar-refractivity contribution in [3.8, 4) is 0 Å². The third-order valence-corrected chi connectivity index (χ3v) is 3.35. The third-order valence-electron chi connectivity index (χ3n) is 3.35. The molecule has 2 rings (SSSR count). The van der Waals surface area contributed by atoms with Crippen molar-refractivity contribution < 1.29 is 13.9 Å². The van der Waals surface area contributed by atoms with Crippen LogP contribution in [0.2, 0.25) is 0 Å². The maximum Gasteiger partial charge on any atom is 0.244 e. The van der Waals surface area contributed by atoms with E-state index in [0.29, 0.717) is 19.1 Å². The van der Waals surface area contributed by atoms with Gasteiger partial charge in [0.25, 0.3) is 0 Å². The van der Waals surface area contributed by atoms with E-state index in [1.807, 2.05) is 12.1 Å². The van der Waals surface area contributed by atoms with Crippen molar-refractivity contribution in [1.29, 1.82) is 0 Å². The Morgan fingerprint density at radius 2 is 2.37 bits per heavy atom. The maximum absolute atomic E-state index is 11.5. The maximum atomic E-state index is 11.5. The van der Waals surface area contributed by atoms with E-state index in [0.717, 1.165) is 23.9 Å². The van der Waals surface area contributed by atoms with Crippen LogP contribution in [0.25, 0.3) is 6.08 Å². The fourth-order valence-electron chi connectivity index (χ4n) is 2.02. The first kappa shape index (κ1) is 13.9. The number of nitrogens with one attached hydrogen (secondary N) is 1. The first-order valence-corrected chi connectivity index (χ1v) is 6.75. The molecule has 1 aromatic rings. The number of carbonyl (C=O) groups excluding carboxylic acids is 1. The van der Waals surface area contributed by atoms with Gasteiger partial charge in [0, 0.05) is 32.3 Å². The summed E-state index contributed by atoms with van der Waals surface area (Å²) in [6, 6.07) is 3.92. The van der Waals surface area contributed by atoms with E-state index >= 15 is 0 Å². The predicted octanol–water partition coefficient (Wildman–Crippen LogP) is 2.57. The third kappa shape index (κ3) is 4.24. The van der Waals surface area contributed by atoms with Gasteiger partial charge in [-0.25, -0.2) is 0 Å². The molecule has 19 heavy (non-hydrogen) atoms. The molecule has 1 aromatic heterocycles. The standard InChI is InChI=1S/C15H21NO3/c1-11-10-13(11)14-6-4-12(19-14)5-7-15(17)16-8-3-9-18-2/h4-7,11,13H,3,8-10H2,1-2H3,(H,16,17). The number of furan rings is 1. The summed E-state index contributed by atoms with van der Waals surface area (Å²) >= 11 is 0. The van der Waals surface area contributed by atoms with Crippen molar-refractivity contribution in [2.24, 2.45) is 5.92 Å². The van der Waals surface area contributed by atoms with Gasteiger partial charge < -0.3 is 14.5 Å². The topological polar surface area (TPSA) is 51.5 Å². The van der Waals surface area contributed by atoms with E-state index in [1.54, 1.807) is 13.2 Å². The Bertz CT molecular complexity index is 450. The first-order valence-electron chi connectivity index (χ1n) is 6.75. The molecule has 4 heteroatoms. The molecule has 1 heterocycles. The van der Waals surface area contributed by atoms with Crippen LogP contribution in [-0.4, -0.2) is 26.2 Å². The summed E-state index contributed by atoms with van der Waals surface area (Å²) in [7, 11) is 1.65. The molecule has 0 radical (unpaired) electrons. The van der Waals surface area contributed by atoms with Gasteiger partial charge >= 0.3 is 0 Å². The second-order valence-electron chi connectivity index (χ2n) is 5.03. The first-order chi connectivity index (χ1) is 9.20. The molecule has 104 valence electrons. The molecule has 0 aliphatic heterocycles. The van der Waals surface area contributed by atoms with Crippen molar-refractivity contribution in [3.63, 3.8) is 0 Å². The minimum atomic E-state index is -0.103. The lowest BCUT2D eigenvalue weighted by Gasteiger charge is -2.00. The molecular formula is C15H21NO3. The van der Waals surface area contributed by atoms with E-state index in [9.17, 15) is 4.79 Å². The molecule has 0 saturated heterocycles. The highest BCUT2D eigenvalue weighted by molar-refractivity contribution is 5.91. The molecule has 1 amide bonds. The highest BCUT2D eigenvalue weighted by Gasteiger charge is 2.36. The van der Waals surface area contributed by atoms with Gasteiger partial charge in [-0.3, -0.25) is 4.79 Å². The van der Waals surface area contributed by atoms with Crippen LogP contribution in [0.5, 0.6) is 0 Å². The lowest BCUT2D eigenvalue weighted by molar-refractivity contribution is -0.116. The van der Waals surface area contributed by atoms with Crippen LogP contribution in [-0.2, 0) is 9.53 Å². The highest BCUT2D eigenvalue weighted by atomic mass is 16.5. The normalized spacial score (nSPS) is 21.8. The summed E-state index contributed by atoms with van der Waals surface area (Å²) in [6.45, 7) is 3.50. The minimum absolute atomic E-state index is 0.103. The molecule has 1 saturated carbocycles. The Morgan fingerprint density at radius 3 is 3.05 bits per heavy atom. The molecule has 1 aliphatic rings. The molecule has 4 nitrogen and oxygen atoms in total. The zero-order chi connectivity index (χ0) is 13.7. The summed E-state index contributed by atoms with van der Waals surface area (Å²) < 4.78 is 10.6. The number of ether oxygens (including phenoxy) is 1.